The maximum atomic E-state index is 13.1. The largest absolute Gasteiger partial charge is 0.469 e. The van der Waals surface area contributed by atoms with Crippen LogP contribution < -0.4 is 5.32 Å². The van der Waals surface area contributed by atoms with E-state index in [4.69, 9.17) is 4.74 Å². The molecule has 0 unspecified atom stereocenters. The van der Waals surface area contributed by atoms with Gasteiger partial charge in [-0.2, -0.15) is 4.31 Å². The molecule has 1 heterocycles. The summed E-state index contributed by atoms with van der Waals surface area (Å²) in [5.74, 6) is -1.67. The molecule has 1 fully saturated rings. The summed E-state index contributed by atoms with van der Waals surface area (Å²) in [5, 5.41) is 2.51. The Morgan fingerprint density at radius 1 is 1.15 bits per heavy atom. The fourth-order valence-electron chi connectivity index (χ4n) is 2.85. The Bertz CT molecular complexity index is 822. The number of hydrogen-bond donors (Lipinski definition) is 1. The van der Waals surface area contributed by atoms with Crippen molar-refractivity contribution in [2.75, 3.05) is 26.1 Å². The van der Waals surface area contributed by atoms with Gasteiger partial charge in [0.05, 0.1) is 26.3 Å². The fourth-order valence-corrected chi connectivity index (χ4v) is 4.65. The Labute approximate surface area is 157 Å². The molecule has 10 heteroatoms. The van der Waals surface area contributed by atoms with E-state index in [1.807, 2.05) is 0 Å². The number of para-hydroxylation sites is 1. The van der Waals surface area contributed by atoms with Crippen LogP contribution in [0.2, 0.25) is 0 Å². The number of ether oxygens (including phenoxy) is 2. The molecule has 27 heavy (non-hydrogen) atoms. The first-order valence-corrected chi connectivity index (χ1v) is 9.80. The van der Waals surface area contributed by atoms with Crippen molar-refractivity contribution in [2.45, 2.75) is 36.6 Å². The lowest BCUT2D eigenvalue weighted by atomic mass is 10.2. The number of sulfonamides is 1. The molecule has 1 N–H and O–H groups in total. The van der Waals surface area contributed by atoms with Gasteiger partial charge in [0, 0.05) is 13.0 Å². The molecule has 1 aromatic carbocycles. The SMILES string of the molecule is COC(=O)CCC(=O)Nc1ccccc1S(=O)(=O)N1CCC[C@@H]1C(=O)OC. The van der Waals surface area contributed by atoms with E-state index in [0.29, 0.717) is 12.8 Å². The predicted octanol–water partition coefficient (Wildman–Crippen LogP) is 0.904. The summed E-state index contributed by atoms with van der Waals surface area (Å²) in [7, 11) is -1.60. The molecule has 0 bridgehead atoms. The van der Waals surface area contributed by atoms with Crippen LogP contribution in [0.4, 0.5) is 5.69 Å². The number of benzene rings is 1. The van der Waals surface area contributed by atoms with Crippen LogP contribution in [0.5, 0.6) is 0 Å². The van der Waals surface area contributed by atoms with Crippen molar-refractivity contribution in [1.82, 2.24) is 4.31 Å². The van der Waals surface area contributed by atoms with E-state index >= 15 is 0 Å². The molecule has 0 aliphatic carbocycles. The molecule has 1 saturated heterocycles. The first kappa shape index (κ1) is 20.8. The molecule has 1 aromatic rings. The maximum absolute atomic E-state index is 13.1. The summed E-state index contributed by atoms with van der Waals surface area (Å²) in [4.78, 5) is 35.0. The fraction of sp³-hybridized carbons (Fsp3) is 0.471. The summed E-state index contributed by atoms with van der Waals surface area (Å²) in [5.41, 5.74) is 0.0860. The minimum atomic E-state index is -4.03. The number of anilines is 1. The first-order valence-electron chi connectivity index (χ1n) is 8.36. The van der Waals surface area contributed by atoms with E-state index in [-0.39, 0.29) is 30.0 Å². The number of methoxy groups -OCH3 is 2. The molecule has 2 rings (SSSR count). The number of carbonyl (C=O) groups excluding carboxylic acids is 3. The lowest BCUT2D eigenvalue weighted by Gasteiger charge is -2.23. The summed E-state index contributed by atoms with van der Waals surface area (Å²) in [6.07, 6.45) is 0.648. The third-order valence-corrected chi connectivity index (χ3v) is 6.17. The van der Waals surface area contributed by atoms with E-state index in [9.17, 15) is 22.8 Å². The highest BCUT2D eigenvalue weighted by Gasteiger charge is 2.41. The van der Waals surface area contributed by atoms with Gasteiger partial charge in [-0.05, 0) is 25.0 Å². The van der Waals surface area contributed by atoms with Crippen LogP contribution >= 0.6 is 0 Å². The topological polar surface area (TPSA) is 119 Å². The van der Waals surface area contributed by atoms with Gasteiger partial charge in [0.2, 0.25) is 15.9 Å². The molecular weight excluding hydrogens is 376 g/mol. The average molecular weight is 398 g/mol. The lowest BCUT2D eigenvalue weighted by molar-refractivity contribution is -0.144. The van der Waals surface area contributed by atoms with Crippen LogP contribution in [0.3, 0.4) is 0 Å². The van der Waals surface area contributed by atoms with Crippen molar-refractivity contribution in [3.8, 4) is 0 Å². The molecule has 148 valence electrons. The van der Waals surface area contributed by atoms with Crippen LogP contribution in [-0.4, -0.2) is 57.4 Å². The van der Waals surface area contributed by atoms with Crippen molar-refractivity contribution in [3.05, 3.63) is 24.3 Å². The number of carbonyl (C=O) groups is 3. The van der Waals surface area contributed by atoms with Crippen molar-refractivity contribution in [2.24, 2.45) is 0 Å². The van der Waals surface area contributed by atoms with Gasteiger partial charge >= 0.3 is 11.9 Å². The smallest absolute Gasteiger partial charge is 0.324 e. The number of rotatable bonds is 7. The van der Waals surface area contributed by atoms with E-state index in [1.54, 1.807) is 6.07 Å². The van der Waals surface area contributed by atoms with Crippen molar-refractivity contribution in [3.63, 3.8) is 0 Å². The summed E-state index contributed by atoms with van der Waals surface area (Å²) < 4.78 is 36.4. The van der Waals surface area contributed by atoms with Crippen LogP contribution in [0.25, 0.3) is 0 Å². The second-order valence-electron chi connectivity index (χ2n) is 5.92. The highest BCUT2D eigenvalue weighted by molar-refractivity contribution is 7.89. The number of nitrogens with zero attached hydrogens (tertiary/aromatic N) is 1. The van der Waals surface area contributed by atoms with Gasteiger partial charge in [0.1, 0.15) is 10.9 Å². The highest BCUT2D eigenvalue weighted by Crippen LogP contribution is 2.30. The van der Waals surface area contributed by atoms with Crippen LogP contribution in [0, 0.1) is 0 Å². The second-order valence-corrected chi connectivity index (χ2v) is 7.78. The van der Waals surface area contributed by atoms with E-state index in [0.717, 1.165) is 4.31 Å². The quantitative estimate of drug-likeness (QED) is 0.678. The molecule has 1 aliphatic rings. The van der Waals surface area contributed by atoms with E-state index < -0.39 is 33.9 Å². The monoisotopic (exact) mass is 398 g/mol. The summed E-state index contributed by atoms with van der Waals surface area (Å²) in [6, 6.07) is 5.03. The third-order valence-electron chi connectivity index (χ3n) is 4.21. The minimum absolute atomic E-state index is 0.0860. The van der Waals surface area contributed by atoms with Gasteiger partial charge in [-0.3, -0.25) is 14.4 Å². The zero-order chi connectivity index (χ0) is 20.0. The van der Waals surface area contributed by atoms with Gasteiger partial charge in [-0.1, -0.05) is 12.1 Å². The van der Waals surface area contributed by atoms with Crippen molar-refractivity contribution >= 4 is 33.6 Å². The van der Waals surface area contributed by atoms with Gasteiger partial charge in [-0.15, -0.1) is 0 Å². The molecule has 0 aromatic heterocycles. The van der Waals surface area contributed by atoms with E-state index in [2.05, 4.69) is 10.1 Å². The zero-order valence-corrected chi connectivity index (χ0v) is 16.0. The predicted molar refractivity (Wildman–Crippen MR) is 95.3 cm³/mol. The Morgan fingerprint density at radius 2 is 1.85 bits per heavy atom. The molecule has 1 atom stereocenters. The van der Waals surface area contributed by atoms with Crippen molar-refractivity contribution in [1.29, 1.82) is 0 Å². The molecule has 1 amide bonds. The molecule has 0 saturated carbocycles. The first-order chi connectivity index (χ1) is 12.8. The molecular formula is C17H22N2O7S. The Kier molecular flexibility index (Phi) is 6.92. The third kappa shape index (κ3) is 4.83. The average Bonchev–Trinajstić information content (AvgIpc) is 3.16. The van der Waals surface area contributed by atoms with E-state index in [1.165, 1.54) is 32.4 Å². The Hall–Kier alpha value is -2.46. The van der Waals surface area contributed by atoms with Gasteiger partial charge in [0.25, 0.3) is 0 Å². The minimum Gasteiger partial charge on any atom is -0.469 e. The Balaban J connectivity index is 2.24. The second kappa shape index (κ2) is 8.96. The lowest BCUT2D eigenvalue weighted by Crippen LogP contribution is -2.41. The van der Waals surface area contributed by atoms with Crippen LogP contribution in [0.1, 0.15) is 25.7 Å². The zero-order valence-electron chi connectivity index (χ0n) is 15.1. The van der Waals surface area contributed by atoms with Crippen LogP contribution in [-0.2, 0) is 33.9 Å². The normalized spacial score (nSPS) is 17.3. The summed E-state index contributed by atoms with van der Waals surface area (Å²) >= 11 is 0. The van der Waals surface area contributed by atoms with Gasteiger partial charge in [0.15, 0.2) is 0 Å². The molecule has 0 spiro atoms. The molecule has 9 nitrogen and oxygen atoms in total. The van der Waals surface area contributed by atoms with Crippen molar-refractivity contribution < 1.29 is 32.3 Å². The standard InChI is InChI=1S/C17H22N2O7S/c1-25-16(21)10-9-15(20)18-12-6-3-4-8-14(12)27(23,24)19-11-5-7-13(19)17(22)26-2/h3-4,6,8,13H,5,7,9-11H2,1-2H3,(H,18,20)/t13-/m1/s1. The van der Waals surface area contributed by atoms with Crippen LogP contribution in [0.15, 0.2) is 29.2 Å². The van der Waals surface area contributed by atoms with Gasteiger partial charge < -0.3 is 14.8 Å². The number of nitrogens with one attached hydrogen (secondary N) is 1. The number of hydrogen-bond acceptors (Lipinski definition) is 7. The molecule has 0 radical (unpaired) electrons. The number of esters is 2. The Morgan fingerprint density at radius 3 is 2.52 bits per heavy atom. The molecule has 1 aliphatic heterocycles. The maximum Gasteiger partial charge on any atom is 0.324 e. The number of amides is 1. The highest BCUT2D eigenvalue weighted by atomic mass is 32.2. The summed E-state index contributed by atoms with van der Waals surface area (Å²) in [6.45, 7) is 0.187. The van der Waals surface area contributed by atoms with Gasteiger partial charge in [-0.25, -0.2) is 8.42 Å².